The van der Waals surface area contributed by atoms with Crippen LogP contribution < -0.4 is 0 Å². The second-order valence-corrected chi connectivity index (χ2v) is 21.4. The van der Waals surface area contributed by atoms with Crippen LogP contribution in [0.2, 0.25) is 0 Å². The molecule has 0 saturated heterocycles. The van der Waals surface area contributed by atoms with Gasteiger partial charge in [0.25, 0.3) is 0 Å². The minimum absolute atomic E-state index is 0.0274. The van der Waals surface area contributed by atoms with Crippen LogP contribution >= 0.6 is 51.0 Å². The van der Waals surface area contributed by atoms with Gasteiger partial charge in [0.15, 0.2) is 6.10 Å². The molecule has 1 N–H and O–H groups in total. The number of phosphoric ester groups is 1. The SMILES string of the molecule is CCCCCCCCCCCCSSCCC(=O)OCC(COP(=O)(O)OCC[N+](C)(C)C)OC(=O)CCSSCCCCCCCCCCCC. The number of hydrogen-bond acceptors (Lipinski definition) is 11. The van der Waals surface area contributed by atoms with Gasteiger partial charge < -0.3 is 18.9 Å². The van der Waals surface area contributed by atoms with E-state index in [9.17, 15) is 19.0 Å². The monoisotopic (exact) mass is 834 g/mol. The summed E-state index contributed by atoms with van der Waals surface area (Å²) in [5.41, 5.74) is 0. The maximum atomic E-state index is 12.6. The summed E-state index contributed by atoms with van der Waals surface area (Å²) in [6.45, 7) is 4.37. The minimum Gasteiger partial charge on any atom is -0.462 e. The van der Waals surface area contributed by atoms with Crippen molar-refractivity contribution in [3.05, 3.63) is 0 Å². The van der Waals surface area contributed by atoms with Gasteiger partial charge in [-0.1, -0.05) is 173 Å². The number of carbonyl (C=O) groups is 2. The zero-order valence-electron chi connectivity index (χ0n) is 33.6. The van der Waals surface area contributed by atoms with Crippen molar-refractivity contribution in [3.8, 4) is 0 Å². The molecular weight excluding hydrogens is 758 g/mol. The number of ether oxygens (including phenoxy) is 2. The molecule has 2 atom stereocenters. The summed E-state index contributed by atoms with van der Waals surface area (Å²) in [7, 11) is 8.33. The van der Waals surface area contributed by atoms with Crippen LogP contribution in [-0.2, 0) is 32.7 Å². The standard InChI is InChI=1S/C38H76NO8PS4/c1-6-8-10-12-14-16-18-20-22-24-30-49-51-32-26-37(40)44-34-36(35-46-48(42,43)45-29-28-39(3,4)5)47-38(41)27-33-52-50-31-25-23-21-19-17-15-13-11-9-7-2/h36H,6-35H2,1-5H3/p+1. The number of carbonyl (C=O) groups excluding carboxylic acids is 2. The van der Waals surface area contributed by atoms with Crippen LogP contribution in [0.3, 0.4) is 0 Å². The Kier molecular flexibility index (Phi) is 37.3. The van der Waals surface area contributed by atoms with E-state index in [0.717, 1.165) is 11.5 Å². The largest absolute Gasteiger partial charge is 0.472 e. The highest BCUT2D eigenvalue weighted by atomic mass is 33.1. The Labute approximate surface area is 335 Å². The van der Waals surface area contributed by atoms with Gasteiger partial charge in [-0.2, -0.15) is 0 Å². The average Bonchev–Trinajstić information content (AvgIpc) is 3.09. The fourth-order valence-electron chi connectivity index (χ4n) is 5.05. The molecule has 14 heteroatoms. The zero-order chi connectivity index (χ0) is 38.6. The molecule has 0 aromatic carbocycles. The lowest BCUT2D eigenvalue weighted by Crippen LogP contribution is -2.37. The lowest BCUT2D eigenvalue weighted by atomic mass is 10.1. The molecule has 0 heterocycles. The first-order chi connectivity index (χ1) is 25.0. The molecule has 52 heavy (non-hydrogen) atoms. The van der Waals surface area contributed by atoms with Gasteiger partial charge in [0.05, 0.1) is 40.6 Å². The molecule has 0 aliphatic heterocycles. The van der Waals surface area contributed by atoms with Crippen molar-refractivity contribution in [1.82, 2.24) is 0 Å². The number of quaternary nitrogens is 1. The van der Waals surface area contributed by atoms with E-state index in [1.807, 2.05) is 21.1 Å². The van der Waals surface area contributed by atoms with Crippen LogP contribution in [0, 0.1) is 0 Å². The van der Waals surface area contributed by atoms with E-state index in [2.05, 4.69) is 13.8 Å². The van der Waals surface area contributed by atoms with Crippen molar-refractivity contribution in [1.29, 1.82) is 0 Å². The highest BCUT2D eigenvalue weighted by Gasteiger charge is 2.27. The van der Waals surface area contributed by atoms with Crippen LogP contribution in [-0.4, -0.2) is 97.9 Å². The molecule has 0 aliphatic rings. The van der Waals surface area contributed by atoms with E-state index in [0.29, 0.717) is 22.5 Å². The summed E-state index contributed by atoms with van der Waals surface area (Å²) in [5, 5.41) is 0. The maximum Gasteiger partial charge on any atom is 0.472 e. The van der Waals surface area contributed by atoms with E-state index in [1.54, 1.807) is 43.2 Å². The van der Waals surface area contributed by atoms with Crippen molar-refractivity contribution in [2.45, 2.75) is 161 Å². The fraction of sp³-hybridized carbons (Fsp3) is 0.947. The molecule has 9 nitrogen and oxygen atoms in total. The number of unbranched alkanes of at least 4 members (excludes halogenated alkanes) is 18. The van der Waals surface area contributed by atoms with Crippen LogP contribution in [0.25, 0.3) is 0 Å². The van der Waals surface area contributed by atoms with Gasteiger partial charge in [-0.15, -0.1) is 0 Å². The molecule has 2 unspecified atom stereocenters. The summed E-state index contributed by atoms with van der Waals surface area (Å²) in [6.07, 6.45) is 25.7. The Morgan fingerprint density at radius 3 is 1.42 bits per heavy atom. The van der Waals surface area contributed by atoms with E-state index in [1.165, 1.54) is 128 Å². The molecule has 0 fully saturated rings. The molecular formula is C38H77NO8PS4+. The van der Waals surface area contributed by atoms with Crippen LogP contribution in [0.1, 0.15) is 155 Å². The van der Waals surface area contributed by atoms with Gasteiger partial charge in [-0.3, -0.25) is 18.6 Å². The lowest BCUT2D eigenvalue weighted by Gasteiger charge is -2.24. The van der Waals surface area contributed by atoms with Gasteiger partial charge in [0, 0.05) is 23.0 Å². The first-order valence-electron chi connectivity index (χ1n) is 20.2. The lowest BCUT2D eigenvalue weighted by molar-refractivity contribution is -0.870. The number of hydrogen-bond donors (Lipinski definition) is 1. The van der Waals surface area contributed by atoms with Gasteiger partial charge in [0.1, 0.15) is 19.8 Å². The normalized spacial score (nSPS) is 13.6. The summed E-state index contributed by atoms with van der Waals surface area (Å²) in [5.74, 6) is 2.48. The van der Waals surface area contributed by atoms with Crippen molar-refractivity contribution in [2.24, 2.45) is 0 Å². The maximum absolute atomic E-state index is 12.6. The number of esters is 2. The Bertz CT molecular complexity index is 884. The summed E-state index contributed by atoms with van der Waals surface area (Å²) < 4.78 is 34.2. The first-order valence-corrected chi connectivity index (χ1v) is 26.7. The second kappa shape index (κ2) is 37.0. The smallest absolute Gasteiger partial charge is 0.462 e. The first kappa shape index (κ1) is 52.4. The molecule has 0 radical (unpaired) electrons. The predicted molar refractivity (Wildman–Crippen MR) is 228 cm³/mol. The van der Waals surface area contributed by atoms with Gasteiger partial charge in [-0.25, -0.2) is 4.57 Å². The number of rotatable bonds is 40. The molecule has 310 valence electrons. The second-order valence-electron chi connectivity index (χ2n) is 14.6. The van der Waals surface area contributed by atoms with E-state index >= 15 is 0 Å². The Morgan fingerprint density at radius 2 is 0.981 bits per heavy atom. The molecule has 0 saturated carbocycles. The molecule has 0 rings (SSSR count). The van der Waals surface area contributed by atoms with Crippen LogP contribution in [0.15, 0.2) is 0 Å². The quantitative estimate of drug-likeness (QED) is 0.0209. The molecule has 0 aromatic heterocycles. The Morgan fingerprint density at radius 1 is 0.577 bits per heavy atom. The van der Waals surface area contributed by atoms with Crippen LogP contribution in [0.5, 0.6) is 0 Å². The minimum atomic E-state index is -4.38. The zero-order valence-corrected chi connectivity index (χ0v) is 37.8. The molecule has 0 spiro atoms. The van der Waals surface area contributed by atoms with Crippen molar-refractivity contribution in [2.75, 3.05) is 70.5 Å². The summed E-state index contributed by atoms with van der Waals surface area (Å²) in [6, 6.07) is 0. The average molecular weight is 835 g/mol. The van der Waals surface area contributed by atoms with Crippen molar-refractivity contribution in [3.63, 3.8) is 0 Å². The summed E-state index contributed by atoms with van der Waals surface area (Å²) >= 11 is 0. The topological polar surface area (TPSA) is 108 Å². The van der Waals surface area contributed by atoms with Crippen molar-refractivity contribution < 1.29 is 42.1 Å². The van der Waals surface area contributed by atoms with Crippen LogP contribution in [0.4, 0.5) is 0 Å². The molecule has 0 amide bonds. The van der Waals surface area contributed by atoms with E-state index < -0.39 is 32.5 Å². The predicted octanol–water partition coefficient (Wildman–Crippen LogP) is 11.7. The van der Waals surface area contributed by atoms with Gasteiger partial charge >= 0.3 is 19.8 Å². The fourth-order valence-corrected chi connectivity index (χ4v) is 10.0. The van der Waals surface area contributed by atoms with Gasteiger partial charge in [0.2, 0.25) is 0 Å². The molecule has 0 aliphatic carbocycles. The highest BCUT2D eigenvalue weighted by molar-refractivity contribution is 8.77. The third-order valence-electron chi connectivity index (χ3n) is 8.28. The number of phosphoric acid groups is 1. The summed E-state index contributed by atoms with van der Waals surface area (Å²) in [4.78, 5) is 35.2. The molecule has 0 aromatic rings. The van der Waals surface area contributed by atoms with Crippen molar-refractivity contribution >= 4 is 62.9 Å². The highest BCUT2D eigenvalue weighted by Crippen LogP contribution is 2.43. The number of nitrogens with zero attached hydrogens (tertiary/aromatic N) is 1. The molecule has 0 bridgehead atoms. The van der Waals surface area contributed by atoms with E-state index in [4.69, 9.17) is 18.5 Å². The Hall–Kier alpha value is 0.410. The third-order valence-corrected chi connectivity index (χ3v) is 14.2. The number of likely N-dealkylation sites (N-methyl/N-ethyl adjacent to an activating group) is 1. The van der Waals surface area contributed by atoms with Gasteiger partial charge in [-0.05, 0) is 12.8 Å². The van der Waals surface area contributed by atoms with E-state index in [-0.39, 0.29) is 26.1 Å². The third kappa shape index (κ3) is 40.1. The Balaban J connectivity index is 4.33.